The molecule has 0 bridgehead atoms. The zero-order valence-electron chi connectivity index (χ0n) is 18.2. The van der Waals surface area contributed by atoms with Crippen molar-refractivity contribution in [2.24, 2.45) is 5.92 Å². The number of nitrogens with one attached hydrogen (secondary N) is 1. The van der Waals surface area contributed by atoms with Crippen molar-refractivity contribution in [3.8, 4) is 21.9 Å². The maximum absolute atomic E-state index is 13.5. The van der Waals surface area contributed by atoms with Crippen LogP contribution in [0, 0.1) is 11.7 Å². The Labute approximate surface area is 201 Å². The largest absolute Gasteiger partial charge is 0.454 e. The van der Waals surface area contributed by atoms with Crippen LogP contribution >= 0.6 is 11.3 Å². The first-order valence-corrected chi connectivity index (χ1v) is 13.2. The maximum atomic E-state index is 13.5. The summed E-state index contributed by atoms with van der Waals surface area (Å²) in [5.41, 5.74) is 1.55. The Morgan fingerprint density at radius 3 is 2.65 bits per heavy atom. The molecule has 1 aromatic heterocycles. The number of benzene rings is 2. The second-order valence-corrected chi connectivity index (χ2v) is 11.5. The van der Waals surface area contributed by atoms with Gasteiger partial charge in [0.1, 0.15) is 10.0 Å². The summed E-state index contributed by atoms with van der Waals surface area (Å²) in [5, 5.41) is 2.94. The van der Waals surface area contributed by atoms with Crippen LogP contribution in [0.1, 0.15) is 18.4 Å². The van der Waals surface area contributed by atoms with E-state index in [1.54, 1.807) is 24.3 Å². The van der Waals surface area contributed by atoms with Gasteiger partial charge in [-0.2, -0.15) is 4.31 Å². The van der Waals surface area contributed by atoms with Gasteiger partial charge in [0, 0.05) is 30.4 Å². The number of piperidine rings is 1. The molecule has 0 unspecified atom stereocenters. The van der Waals surface area contributed by atoms with Crippen molar-refractivity contribution in [3.05, 3.63) is 66.0 Å². The number of carbonyl (C=O) groups is 1. The van der Waals surface area contributed by atoms with Crippen LogP contribution in [-0.4, -0.2) is 38.5 Å². The Balaban J connectivity index is 1.17. The third kappa shape index (κ3) is 4.66. The third-order valence-corrected chi connectivity index (χ3v) is 9.51. The van der Waals surface area contributed by atoms with Gasteiger partial charge in [-0.15, -0.1) is 11.3 Å². The zero-order valence-corrected chi connectivity index (χ0v) is 19.8. The van der Waals surface area contributed by atoms with Crippen molar-refractivity contribution in [1.29, 1.82) is 0 Å². The second kappa shape index (κ2) is 9.36. The van der Waals surface area contributed by atoms with E-state index in [1.807, 2.05) is 18.2 Å². The number of hydrogen-bond acceptors (Lipinski definition) is 6. The predicted molar refractivity (Wildman–Crippen MR) is 126 cm³/mol. The average molecular weight is 503 g/mol. The first-order valence-electron chi connectivity index (χ1n) is 10.9. The van der Waals surface area contributed by atoms with E-state index in [1.165, 1.54) is 16.4 Å². The topological polar surface area (TPSA) is 84.9 Å². The molecule has 1 fully saturated rings. The van der Waals surface area contributed by atoms with E-state index in [0.717, 1.165) is 16.9 Å². The quantitative estimate of drug-likeness (QED) is 0.551. The third-order valence-electron chi connectivity index (χ3n) is 6.01. The van der Waals surface area contributed by atoms with Gasteiger partial charge in [-0.1, -0.05) is 18.2 Å². The van der Waals surface area contributed by atoms with Crippen molar-refractivity contribution in [2.45, 2.75) is 23.6 Å². The number of rotatable bonds is 6. The highest BCUT2D eigenvalue weighted by atomic mass is 32.2. The minimum atomic E-state index is -3.67. The Kier molecular flexibility index (Phi) is 6.28. The number of sulfonamides is 1. The van der Waals surface area contributed by atoms with Crippen LogP contribution in [0.4, 0.5) is 4.39 Å². The first-order chi connectivity index (χ1) is 16.4. The molecule has 2 aliphatic heterocycles. The summed E-state index contributed by atoms with van der Waals surface area (Å²) >= 11 is 1.12. The van der Waals surface area contributed by atoms with Gasteiger partial charge in [0.05, 0.1) is 0 Å². The van der Waals surface area contributed by atoms with Gasteiger partial charge in [-0.25, -0.2) is 12.8 Å². The Hall–Kier alpha value is -2.95. The molecule has 0 aliphatic carbocycles. The maximum Gasteiger partial charge on any atom is 0.252 e. The van der Waals surface area contributed by atoms with Crippen LogP contribution in [-0.2, 0) is 21.4 Å². The number of ether oxygens (including phenoxy) is 2. The van der Waals surface area contributed by atoms with Crippen molar-refractivity contribution in [2.75, 3.05) is 19.9 Å². The molecular weight excluding hydrogens is 479 g/mol. The molecule has 1 amide bonds. The number of hydrogen-bond donors (Lipinski definition) is 1. The molecular formula is C24H23FN2O5S2. The van der Waals surface area contributed by atoms with Crippen molar-refractivity contribution < 1.29 is 27.1 Å². The number of fused-ring (bicyclic) bond motifs is 1. The van der Waals surface area contributed by atoms with E-state index in [2.05, 4.69) is 5.32 Å². The number of carbonyl (C=O) groups excluding carboxylic acids is 1. The fraction of sp³-hybridized carbons (Fsp3) is 0.292. The normalized spacial score (nSPS) is 16.5. The van der Waals surface area contributed by atoms with E-state index in [4.69, 9.17) is 9.47 Å². The van der Waals surface area contributed by atoms with E-state index in [0.29, 0.717) is 41.3 Å². The SMILES string of the molecule is O=C(NCc1ccc2c(c1)OCO2)C1CCN(S(=O)(=O)c2ccc(-c3cccc(F)c3)s2)CC1. The highest BCUT2D eigenvalue weighted by Crippen LogP contribution is 2.34. The highest BCUT2D eigenvalue weighted by Gasteiger charge is 2.33. The van der Waals surface area contributed by atoms with Crippen LogP contribution in [0.15, 0.2) is 58.8 Å². The summed E-state index contributed by atoms with van der Waals surface area (Å²) in [5.74, 6) is 0.664. The van der Waals surface area contributed by atoms with Crippen molar-refractivity contribution in [1.82, 2.24) is 9.62 Å². The fourth-order valence-electron chi connectivity index (χ4n) is 4.13. The molecule has 34 heavy (non-hydrogen) atoms. The molecule has 3 aromatic rings. The second-order valence-electron chi connectivity index (χ2n) is 8.21. The molecule has 1 N–H and O–H groups in total. The lowest BCUT2D eigenvalue weighted by atomic mass is 9.97. The van der Waals surface area contributed by atoms with Gasteiger partial charge >= 0.3 is 0 Å². The fourth-order valence-corrected chi connectivity index (χ4v) is 7.05. The predicted octanol–water partition coefficient (Wildman–Crippen LogP) is 4.00. The van der Waals surface area contributed by atoms with Crippen LogP contribution in [0.2, 0.25) is 0 Å². The molecule has 2 aliphatic rings. The molecule has 178 valence electrons. The van der Waals surface area contributed by atoms with Gasteiger partial charge in [-0.3, -0.25) is 4.79 Å². The van der Waals surface area contributed by atoms with E-state index >= 15 is 0 Å². The van der Waals surface area contributed by atoms with Crippen molar-refractivity contribution in [3.63, 3.8) is 0 Å². The van der Waals surface area contributed by atoms with E-state index in [9.17, 15) is 17.6 Å². The molecule has 0 radical (unpaired) electrons. The van der Waals surface area contributed by atoms with Crippen molar-refractivity contribution >= 4 is 27.3 Å². The standard InChI is InChI=1S/C24H23FN2O5S2/c25-19-3-1-2-18(13-19)22-6-7-23(33-22)34(29,30)27-10-8-17(9-11-27)24(28)26-14-16-4-5-20-21(12-16)32-15-31-20/h1-7,12-13,17H,8-11,14-15H2,(H,26,28). The lowest BCUT2D eigenvalue weighted by Crippen LogP contribution is -2.42. The van der Waals surface area contributed by atoms with Gasteiger partial charge in [-0.05, 0) is 60.4 Å². The number of thiophene rings is 1. The van der Waals surface area contributed by atoms with Crippen LogP contribution in [0.5, 0.6) is 11.5 Å². The van der Waals surface area contributed by atoms with Gasteiger partial charge in [0.25, 0.3) is 10.0 Å². The van der Waals surface area contributed by atoms with E-state index in [-0.39, 0.29) is 41.7 Å². The Morgan fingerprint density at radius 1 is 1.06 bits per heavy atom. The Morgan fingerprint density at radius 2 is 1.85 bits per heavy atom. The molecule has 2 aromatic carbocycles. The summed E-state index contributed by atoms with van der Waals surface area (Å²) in [6.45, 7) is 1.12. The summed E-state index contributed by atoms with van der Waals surface area (Å²) in [6, 6.07) is 14.9. The van der Waals surface area contributed by atoms with Gasteiger partial charge in [0.15, 0.2) is 11.5 Å². The van der Waals surface area contributed by atoms with Gasteiger partial charge in [0.2, 0.25) is 12.7 Å². The molecule has 0 spiro atoms. The van der Waals surface area contributed by atoms with E-state index < -0.39 is 10.0 Å². The summed E-state index contributed by atoms with van der Waals surface area (Å²) < 4.78 is 52.1. The number of halogens is 1. The van der Waals surface area contributed by atoms with Crippen LogP contribution in [0.3, 0.4) is 0 Å². The van der Waals surface area contributed by atoms with Crippen LogP contribution < -0.4 is 14.8 Å². The lowest BCUT2D eigenvalue weighted by molar-refractivity contribution is -0.126. The molecule has 3 heterocycles. The smallest absolute Gasteiger partial charge is 0.252 e. The summed E-state index contributed by atoms with van der Waals surface area (Å²) in [7, 11) is -3.67. The molecule has 5 rings (SSSR count). The summed E-state index contributed by atoms with van der Waals surface area (Å²) in [6.07, 6.45) is 0.905. The van der Waals surface area contributed by atoms with Gasteiger partial charge < -0.3 is 14.8 Å². The monoisotopic (exact) mass is 502 g/mol. The number of amides is 1. The first kappa shape index (κ1) is 22.8. The minimum absolute atomic E-state index is 0.0840. The molecule has 1 saturated heterocycles. The Bertz CT molecular complexity index is 1320. The zero-order chi connectivity index (χ0) is 23.7. The summed E-state index contributed by atoms with van der Waals surface area (Å²) in [4.78, 5) is 13.3. The minimum Gasteiger partial charge on any atom is -0.454 e. The molecule has 10 heteroatoms. The lowest BCUT2D eigenvalue weighted by Gasteiger charge is -2.30. The molecule has 0 atom stereocenters. The molecule has 7 nitrogen and oxygen atoms in total. The number of nitrogens with zero attached hydrogens (tertiary/aromatic N) is 1. The van der Waals surface area contributed by atoms with Crippen LogP contribution in [0.25, 0.3) is 10.4 Å². The average Bonchev–Trinajstić information content (AvgIpc) is 3.52. The highest BCUT2D eigenvalue weighted by molar-refractivity contribution is 7.91. The molecule has 0 saturated carbocycles.